The highest BCUT2D eigenvalue weighted by Crippen LogP contribution is 2.50. The van der Waals surface area contributed by atoms with Crippen molar-refractivity contribution in [2.75, 3.05) is 18.5 Å². The van der Waals surface area contributed by atoms with E-state index in [1.165, 1.54) is 33.3 Å². The molecule has 0 radical (unpaired) electrons. The highest BCUT2D eigenvalue weighted by Gasteiger charge is 2.39. The van der Waals surface area contributed by atoms with Crippen LogP contribution in [0.25, 0.3) is 21.5 Å². The van der Waals surface area contributed by atoms with Gasteiger partial charge in [-0.05, 0) is 57.0 Å². The Hall–Kier alpha value is -4.67. The van der Waals surface area contributed by atoms with Gasteiger partial charge in [0.05, 0.1) is 13.0 Å². The molecule has 4 aromatic carbocycles. The van der Waals surface area contributed by atoms with E-state index in [-0.39, 0.29) is 17.3 Å². The summed E-state index contributed by atoms with van der Waals surface area (Å²) < 4.78 is 0. The Labute approximate surface area is 261 Å². The second-order valence-corrected chi connectivity index (χ2v) is 12.6. The molecule has 0 unspecified atom stereocenters. The van der Waals surface area contributed by atoms with Crippen LogP contribution in [-0.4, -0.2) is 24.7 Å². The Morgan fingerprint density at radius 1 is 0.886 bits per heavy atom. The summed E-state index contributed by atoms with van der Waals surface area (Å²) in [6.07, 6.45) is 14.7. The number of quaternary nitrogens is 1. The number of nitrogens with zero attached hydrogens (tertiary/aromatic N) is 1. The lowest BCUT2D eigenvalue weighted by Gasteiger charge is -2.29. The van der Waals surface area contributed by atoms with Crippen LogP contribution in [0, 0.1) is 0 Å². The number of hydrogen-bond donors (Lipinski definition) is 2. The lowest BCUT2D eigenvalue weighted by atomic mass is 9.75. The van der Waals surface area contributed by atoms with E-state index in [9.17, 15) is 4.79 Å². The zero-order valence-electron chi connectivity index (χ0n) is 26.5. The molecule has 0 saturated heterocycles. The van der Waals surface area contributed by atoms with Gasteiger partial charge in [0.15, 0.2) is 0 Å². The molecule has 4 aromatic rings. The molecule has 1 heterocycles. The van der Waals surface area contributed by atoms with Gasteiger partial charge in [0.2, 0.25) is 0 Å². The van der Waals surface area contributed by atoms with E-state index in [2.05, 4.69) is 137 Å². The number of carboxylic acids is 1. The van der Waals surface area contributed by atoms with Crippen LogP contribution in [0.1, 0.15) is 45.2 Å². The fraction of sp³-hybridized carbons (Fsp3) is 0.225. The van der Waals surface area contributed by atoms with E-state index < -0.39 is 5.97 Å². The van der Waals surface area contributed by atoms with Crippen LogP contribution in [0.3, 0.4) is 0 Å². The highest BCUT2D eigenvalue weighted by atomic mass is 16.4. The first-order valence-electron chi connectivity index (χ1n) is 15.3. The number of carbonyl (C=O) groups is 1. The summed E-state index contributed by atoms with van der Waals surface area (Å²) in [5.74, 6) is -0.787. The Balaban J connectivity index is 1.31. The molecule has 0 saturated carbocycles. The third kappa shape index (κ3) is 5.91. The van der Waals surface area contributed by atoms with E-state index in [0.717, 1.165) is 22.0 Å². The molecule has 0 aromatic heterocycles. The molecule has 0 atom stereocenters. The molecule has 1 aliphatic rings. The van der Waals surface area contributed by atoms with E-state index in [0.29, 0.717) is 6.54 Å². The summed E-state index contributed by atoms with van der Waals surface area (Å²) in [5, 5.41) is 16.1. The minimum absolute atomic E-state index is 0.103. The molecule has 1 aliphatic heterocycles. The van der Waals surface area contributed by atoms with Gasteiger partial charge in [0, 0.05) is 34.8 Å². The zero-order chi connectivity index (χ0) is 31.5. The molecule has 5 rings (SSSR count). The van der Waals surface area contributed by atoms with E-state index in [1.54, 1.807) is 0 Å². The molecule has 4 heteroatoms. The number of aliphatic carboxylic acids is 1. The van der Waals surface area contributed by atoms with Crippen molar-refractivity contribution in [1.82, 2.24) is 0 Å². The molecule has 44 heavy (non-hydrogen) atoms. The predicted molar refractivity (Wildman–Crippen MR) is 186 cm³/mol. The molecule has 0 amide bonds. The van der Waals surface area contributed by atoms with Gasteiger partial charge in [-0.3, -0.25) is 4.79 Å². The number of fused-ring (bicyclic) bond motifs is 4. The SMILES string of the molecule is C=C(/C=C/C=C/C=C/C=C1/N(C)c2ccc3ccccc3c2C1(C)C)C(C)(C)c1c([NH2+]CCC(=O)O)ccc2ccccc12. The van der Waals surface area contributed by atoms with Crippen LogP contribution in [-0.2, 0) is 15.6 Å². The minimum Gasteiger partial charge on any atom is -0.481 e. The van der Waals surface area contributed by atoms with Crippen molar-refractivity contribution in [3.05, 3.63) is 144 Å². The average molecular weight is 584 g/mol. The molecule has 0 aliphatic carbocycles. The minimum atomic E-state index is -0.787. The summed E-state index contributed by atoms with van der Waals surface area (Å²) in [6.45, 7) is 13.9. The molecule has 0 spiro atoms. The number of allylic oxidation sites excluding steroid dienone is 9. The summed E-state index contributed by atoms with van der Waals surface area (Å²) in [7, 11) is 2.15. The first-order valence-corrected chi connectivity index (χ1v) is 15.3. The van der Waals surface area contributed by atoms with Gasteiger partial charge in [-0.25, -0.2) is 0 Å². The van der Waals surface area contributed by atoms with Crippen LogP contribution in [0.4, 0.5) is 11.4 Å². The molecular formula is C40H43N2O2+. The third-order valence-electron chi connectivity index (χ3n) is 9.00. The van der Waals surface area contributed by atoms with Crippen molar-refractivity contribution in [3.8, 4) is 0 Å². The van der Waals surface area contributed by atoms with Crippen molar-refractivity contribution in [2.45, 2.75) is 44.9 Å². The molecule has 0 bridgehead atoms. The highest BCUT2D eigenvalue weighted by molar-refractivity contribution is 5.95. The van der Waals surface area contributed by atoms with Gasteiger partial charge in [0.25, 0.3) is 0 Å². The summed E-state index contributed by atoms with van der Waals surface area (Å²) in [4.78, 5) is 13.5. The number of likely N-dealkylation sites (N-methyl/N-ethyl adjacent to an activating group) is 1. The largest absolute Gasteiger partial charge is 0.481 e. The third-order valence-corrected chi connectivity index (χ3v) is 9.00. The Morgan fingerprint density at radius 3 is 2.23 bits per heavy atom. The van der Waals surface area contributed by atoms with Gasteiger partial charge in [0.1, 0.15) is 5.69 Å². The van der Waals surface area contributed by atoms with Crippen LogP contribution >= 0.6 is 0 Å². The Kier molecular flexibility index (Phi) is 8.75. The standard InChI is InChI=1S/C40H42N2O2/c1-28(39(2,3)37-31-19-14-12-17-29(31)22-24-33(37)41-27-26-36(43)44)16-10-8-7-9-11-21-35-40(4,5)38-32-20-15-13-18-30(32)23-25-34(38)42(35)6/h7-25,41H,1,26-27H2,2-6H3,(H,43,44)/p+1/b8-7+,11-9+,16-10+,35-21+. The first kappa shape index (κ1) is 30.8. The maximum absolute atomic E-state index is 11.1. The van der Waals surface area contributed by atoms with Gasteiger partial charge in [-0.15, -0.1) is 0 Å². The quantitative estimate of drug-likeness (QED) is 0.145. The zero-order valence-corrected chi connectivity index (χ0v) is 26.5. The van der Waals surface area contributed by atoms with Gasteiger partial charge >= 0.3 is 5.97 Å². The molecule has 224 valence electrons. The summed E-state index contributed by atoms with van der Waals surface area (Å²) >= 11 is 0. The number of nitrogens with two attached hydrogens (primary N) is 1. The smallest absolute Gasteiger partial charge is 0.309 e. The molecule has 0 fully saturated rings. The fourth-order valence-electron chi connectivity index (χ4n) is 6.58. The van der Waals surface area contributed by atoms with Crippen molar-refractivity contribution >= 4 is 38.9 Å². The summed E-state index contributed by atoms with van der Waals surface area (Å²) in [5.41, 5.74) is 6.66. The second-order valence-electron chi connectivity index (χ2n) is 12.6. The van der Waals surface area contributed by atoms with Crippen molar-refractivity contribution < 1.29 is 15.2 Å². The fourth-order valence-corrected chi connectivity index (χ4v) is 6.58. The monoisotopic (exact) mass is 583 g/mol. The van der Waals surface area contributed by atoms with Crippen LogP contribution in [0.2, 0.25) is 0 Å². The van der Waals surface area contributed by atoms with Gasteiger partial charge in [-0.1, -0.05) is 125 Å². The molecule has 4 nitrogen and oxygen atoms in total. The van der Waals surface area contributed by atoms with Crippen LogP contribution in [0.5, 0.6) is 0 Å². The summed E-state index contributed by atoms with van der Waals surface area (Å²) in [6, 6.07) is 25.6. The van der Waals surface area contributed by atoms with Gasteiger partial charge < -0.3 is 15.3 Å². The normalized spacial score (nSPS) is 15.8. The number of benzene rings is 4. The number of hydrogen-bond acceptors (Lipinski definition) is 2. The first-order chi connectivity index (χ1) is 21.0. The van der Waals surface area contributed by atoms with Gasteiger partial charge in [-0.2, -0.15) is 0 Å². The molecular weight excluding hydrogens is 540 g/mol. The van der Waals surface area contributed by atoms with E-state index >= 15 is 0 Å². The predicted octanol–water partition coefficient (Wildman–Crippen LogP) is 8.48. The van der Waals surface area contributed by atoms with E-state index in [4.69, 9.17) is 5.11 Å². The van der Waals surface area contributed by atoms with Crippen molar-refractivity contribution in [3.63, 3.8) is 0 Å². The molecule has 3 N–H and O–H groups in total. The maximum atomic E-state index is 11.1. The lowest BCUT2D eigenvalue weighted by Crippen LogP contribution is -2.79. The Morgan fingerprint density at radius 2 is 1.50 bits per heavy atom. The average Bonchev–Trinajstić information content (AvgIpc) is 3.20. The van der Waals surface area contributed by atoms with Crippen molar-refractivity contribution in [1.29, 1.82) is 0 Å². The van der Waals surface area contributed by atoms with Crippen molar-refractivity contribution in [2.24, 2.45) is 0 Å². The van der Waals surface area contributed by atoms with E-state index in [1.807, 2.05) is 29.6 Å². The van der Waals surface area contributed by atoms with Crippen LogP contribution < -0.4 is 10.2 Å². The topological polar surface area (TPSA) is 57.2 Å². The number of carboxylic acid groups (broad SMARTS) is 1. The number of anilines is 1. The van der Waals surface area contributed by atoms with Crippen LogP contribution in [0.15, 0.2) is 133 Å². The lowest BCUT2D eigenvalue weighted by molar-refractivity contribution is -0.571. The second kappa shape index (κ2) is 12.5. The Bertz CT molecular complexity index is 1850. The maximum Gasteiger partial charge on any atom is 0.309 e. The number of rotatable bonds is 10.